The third kappa shape index (κ3) is 4.08. The summed E-state index contributed by atoms with van der Waals surface area (Å²) in [5.74, 6) is 1.63. The highest BCUT2D eigenvalue weighted by Gasteiger charge is 2.13. The molecule has 0 aliphatic carbocycles. The van der Waals surface area contributed by atoms with Crippen molar-refractivity contribution in [1.29, 1.82) is 0 Å². The van der Waals surface area contributed by atoms with Crippen LogP contribution in [0.3, 0.4) is 0 Å². The van der Waals surface area contributed by atoms with Gasteiger partial charge in [-0.2, -0.15) is 0 Å². The second-order valence-corrected chi connectivity index (χ2v) is 5.07. The first-order chi connectivity index (χ1) is 9.54. The van der Waals surface area contributed by atoms with Gasteiger partial charge < -0.3 is 14.6 Å². The van der Waals surface area contributed by atoms with E-state index in [-0.39, 0.29) is 5.91 Å². The lowest BCUT2D eigenvalue weighted by atomic mass is 10.3. The first-order valence-corrected chi connectivity index (χ1v) is 6.69. The Bertz CT molecular complexity index is 598. The smallest absolute Gasteiger partial charge is 0.279 e. The molecule has 1 amide bonds. The summed E-state index contributed by atoms with van der Waals surface area (Å²) >= 11 is 5.89. The predicted molar refractivity (Wildman–Crippen MR) is 76.8 cm³/mol. The Morgan fingerprint density at radius 3 is 2.90 bits per heavy atom. The molecule has 2 rings (SSSR count). The molecule has 2 heterocycles. The van der Waals surface area contributed by atoms with Crippen LogP contribution in [-0.2, 0) is 11.3 Å². The molecule has 0 saturated carbocycles. The minimum Gasteiger partial charge on any atom is -0.460 e. The van der Waals surface area contributed by atoms with Crippen LogP contribution in [-0.4, -0.2) is 24.5 Å². The monoisotopic (exact) mass is 294 g/mol. The van der Waals surface area contributed by atoms with E-state index in [4.69, 9.17) is 16.0 Å². The van der Waals surface area contributed by atoms with Gasteiger partial charge in [-0.05, 0) is 31.2 Å². The van der Waals surface area contributed by atoms with Crippen LogP contribution in [0.15, 0.2) is 34.9 Å². The molecular formula is C14H17ClN3O2+. The van der Waals surface area contributed by atoms with E-state index in [1.54, 1.807) is 18.3 Å². The fraction of sp³-hybridized carbons (Fsp3) is 0.286. The van der Waals surface area contributed by atoms with Gasteiger partial charge in [-0.1, -0.05) is 11.6 Å². The van der Waals surface area contributed by atoms with E-state index < -0.39 is 0 Å². The summed E-state index contributed by atoms with van der Waals surface area (Å²) in [5.41, 5.74) is 0.529. The molecule has 0 aliphatic rings. The number of aromatic nitrogens is 1. The van der Waals surface area contributed by atoms with Gasteiger partial charge in [-0.25, -0.2) is 4.98 Å². The second-order valence-electron chi connectivity index (χ2n) is 4.71. The molecule has 0 aromatic carbocycles. The van der Waals surface area contributed by atoms with Gasteiger partial charge in [0.05, 0.1) is 12.7 Å². The van der Waals surface area contributed by atoms with Crippen LogP contribution in [0.2, 0.25) is 5.15 Å². The molecular weight excluding hydrogens is 278 g/mol. The maximum absolute atomic E-state index is 11.9. The zero-order valence-corrected chi connectivity index (χ0v) is 12.2. The Balaban J connectivity index is 1.86. The molecule has 6 heteroatoms. The molecule has 0 aliphatic heterocycles. The first kappa shape index (κ1) is 14.6. The average molecular weight is 295 g/mol. The molecule has 0 radical (unpaired) electrons. The highest BCUT2D eigenvalue weighted by molar-refractivity contribution is 6.32. The number of rotatable bonds is 5. The van der Waals surface area contributed by atoms with Gasteiger partial charge in [-0.3, -0.25) is 4.79 Å². The van der Waals surface area contributed by atoms with Gasteiger partial charge in [0.25, 0.3) is 5.91 Å². The van der Waals surface area contributed by atoms with Crippen LogP contribution in [0.1, 0.15) is 11.5 Å². The van der Waals surface area contributed by atoms with Crippen molar-refractivity contribution in [2.24, 2.45) is 0 Å². The van der Waals surface area contributed by atoms with E-state index in [0.717, 1.165) is 16.4 Å². The zero-order chi connectivity index (χ0) is 14.5. The SMILES string of the molecule is Cc1ccc(C[NH+](C)CC(=O)Nc2cccnc2Cl)o1. The summed E-state index contributed by atoms with van der Waals surface area (Å²) in [5, 5.41) is 3.04. The van der Waals surface area contributed by atoms with Gasteiger partial charge in [-0.15, -0.1) is 0 Å². The Kier molecular flexibility index (Phi) is 4.76. The highest BCUT2D eigenvalue weighted by Crippen LogP contribution is 2.16. The minimum absolute atomic E-state index is 0.110. The Hall–Kier alpha value is -1.85. The number of anilines is 1. The fourth-order valence-electron chi connectivity index (χ4n) is 1.89. The number of hydrogen-bond donors (Lipinski definition) is 2. The lowest BCUT2D eigenvalue weighted by Crippen LogP contribution is -3.08. The summed E-state index contributed by atoms with van der Waals surface area (Å²) in [4.78, 5) is 16.9. The van der Waals surface area contributed by atoms with E-state index in [2.05, 4.69) is 10.3 Å². The van der Waals surface area contributed by atoms with Crippen LogP contribution in [0, 0.1) is 6.92 Å². The first-order valence-electron chi connectivity index (χ1n) is 6.31. The largest absolute Gasteiger partial charge is 0.460 e. The van der Waals surface area contributed by atoms with E-state index in [1.807, 2.05) is 26.1 Å². The maximum Gasteiger partial charge on any atom is 0.279 e. The van der Waals surface area contributed by atoms with Crippen molar-refractivity contribution in [3.05, 3.63) is 47.1 Å². The van der Waals surface area contributed by atoms with Crippen molar-refractivity contribution in [1.82, 2.24) is 4.98 Å². The number of furan rings is 1. The Morgan fingerprint density at radius 2 is 2.25 bits per heavy atom. The summed E-state index contributed by atoms with van der Waals surface area (Å²) < 4.78 is 5.49. The van der Waals surface area contributed by atoms with Crippen LogP contribution in [0.5, 0.6) is 0 Å². The van der Waals surface area contributed by atoms with Crippen molar-refractivity contribution < 1.29 is 14.1 Å². The minimum atomic E-state index is -0.110. The van der Waals surface area contributed by atoms with E-state index in [9.17, 15) is 4.79 Å². The van der Waals surface area contributed by atoms with Crippen molar-refractivity contribution in [2.75, 3.05) is 18.9 Å². The van der Waals surface area contributed by atoms with Crippen LogP contribution < -0.4 is 10.2 Å². The zero-order valence-electron chi connectivity index (χ0n) is 11.4. The highest BCUT2D eigenvalue weighted by atomic mass is 35.5. The third-order valence-corrected chi connectivity index (χ3v) is 3.07. The van der Waals surface area contributed by atoms with Gasteiger partial charge >= 0.3 is 0 Å². The van der Waals surface area contributed by atoms with Crippen molar-refractivity contribution in [2.45, 2.75) is 13.5 Å². The number of hydrogen-bond acceptors (Lipinski definition) is 3. The summed E-state index contributed by atoms with van der Waals surface area (Å²) in [7, 11) is 1.93. The average Bonchev–Trinajstić information content (AvgIpc) is 2.77. The molecule has 1 unspecified atom stereocenters. The molecule has 0 fully saturated rings. The van der Waals surface area contributed by atoms with Crippen LogP contribution in [0.4, 0.5) is 5.69 Å². The second kappa shape index (κ2) is 6.54. The van der Waals surface area contributed by atoms with Crippen molar-refractivity contribution in [3.8, 4) is 0 Å². The molecule has 2 N–H and O–H groups in total. The normalized spacial score (nSPS) is 12.2. The predicted octanol–water partition coefficient (Wildman–Crippen LogP) is 1.29. The third-order valence-electron chi connectivity index (χ3n) is 2.77. The molecule has 1 atom stereocenters. The van der Waals surface area contributed by atoms with Crippen molar-refractivity contribution in [3.63, 3.8) is 0 Å². The molecule has 106 valence electrons. The van der Waals surface area contributed by atoms with Crippen LogP contribution in [0.25, 0.3) is 0 Å². The van der Waals surface area contributed by atoms with Crippen LogP contribution >= 0.6 is 11.6 Å². The number of nitrogens with one attached hydrogen (secondary N) is 2. The lowest BCUT2D eigenvalue weighted by molar-refractivity contribution is -0.886. The summed E-state index contributed by atoms with van der Waals surface area (Å²) in [6.07, 6.45) is 1.58. The molecule has 2 aromatic rings. The quantitative estimate of drug-likeness (QED) is 0.817. The number of aryl methyl sites for hydroxylation is 1. The van der Waals surface area contributed by atoms with Gasteiger partial charge in [0.1, 0.15) is 12.3 Å². The lowest BCUT2D eigenvalue weighted by Gasteiger charge is -2.12. The van der Waals surface area contributed by atoms with Gasteiger partial charge in [0.2, 0.25) is 0 Å². The van der Waals surface area contributed by atoms with E-state index in [0.29, 0.717) is 23.9 Å². The molecule has 0 saturated heterocycles. The molecule has 0 spiro atoms. The number of likely N-dealkylation sites (N-methyl/N-ethyl adjacent to an activating group) is 1. The summed E-state index contributed by atoms with van der Waals surface area (Å²) in [6, 6.07) is 7.29. The number of carbonyl (C=O) groups excluding carboxylic acids is 1. The number of halogens is 1. The standard InChI is InChI=1S/C14H16ClN3O2/c1-10-5-6-11(20-10)8-18(2)9-13(19)17-12-4-3-7-16-14(12)15/h3-7H,8-9H2,1-2H3,(H,17,19)/p+1. The molecule has 2 aromatic heterocycles. The van der Waals surface area contributed by atoms with Crippen molar-refractivity contribution >= 4 is 23.2 Å². The maximum atomic E-state index is 11.9. The van der Waals surface area contributed by atoms with Gasteiger partial charge in [0, 0.05) is 6.20 Å². The summed E-state index contributed by atoms with van der Waals surface area (Å²) in [6.45, 7) is 2.88. The van der Waals surface area contributed by atoms with E-state index >= 15 is 0 Å². The Labute approximate surface area is 122 Å². The topological polar surface area (TPSA) is 59.6 Å². The number of nitrogens with zero attached hydrogens (tertiary/aromatic N) is 1. The van der Waals surface area contributed by atoms with E-state index in [1.165, 1.54) is 0 Å². The number of carbonyl (C=O) groups is 1. The molecule has 5 nitrogen and oxygen atoms in total. The number of amides is 1. The Morgan fingerprint density at radius 1 is 1.45 bits per heavy atom. The molecule has 0 bridgehead atoms. The fourth-order valence-corrected chi connectivity index (χ4v) is 2.05. The number of quaternary nitrogens is 1. The number of pyridine rings is 1. The molecule has 20 heavy (non-hydrogen) atoms. The van der Waals surface area contributed by atoms with Gasteiger partial charge in [0.15, 0.2) is 17.5 Å².